The maximum atomic E-state index is 12.1. The minimum absolute atomic E-state index is 0.115. The van der Waals surface area contributed by atoms with Crippen molar-refractivity contribution in [2.24, 2.45) is 0 Å². The Balaban J connectivity index is 1.92. The Morgan fingerprint density at radius 1 is 1.12 bits per heavy atom. The maximum absolute atomic E-state index is 12.1. The lowest BCUT2D eigenvalue weighted by atomic mass is 10.2. The Morgan fingerprint density at radius 2 is 1.88 bits per heavy atom. The van der Waals surface area contributed by atoms with Gasteiger partial charge >= 0.3 is 0 Å². The number of carbonyl (C=O) groups is 1. The molecular weight excluding hydrogens is 384 g/mol. The number of hydrogen-bond donors (Lipinski definition) is 2. The summed E-state index contributed by atoms with van der Waals surface area (Å²) in [6, 6.07) is 17.1. The van der Waals surface area contributed by atoms with Crippen molar-refractivity contribution >= 4 is 32.7 Å². The molecule has 5 nitrogen and oxygen atoms in total. The van der Waals surface area contributed by atoms with Gasteiger partial charge in [-0.1, -0.05) is 42.5 Å². The van der Waals surface area contributed by atoms with Crippen molar-refractivity contribution < 1.29 is 14.6 Å². The second-order valence-electron chi connectivity index (χ2n) is 5.40. The molecule has 0 saturated carbocycles. The van der Waals surface area contributed by atoms with Crippen molar-refractivity contribution in [2.45, 2.75) is 6.61 Å². The molecule has 128 valence electrons. The zero-order chi connectivity index (χ0) is 17.6. The number of aliphatic hydroxyl groups excluding tert-OH is 1. The standard InChI is InChI=1S/C19H17BrN2O3/c20-15-8-6-14-7-9-16(19(24)21-10-11-23)22-17(14)18(15)25-12-13-4-2-1-3-5-13/h1-9,23H,10-12H2,(H,21,24). The highest BCUT2D eigenvalue weighted by molar-refractivity contribution is 9.10. The fourth-order valence-corrected chi connectivity index (χ4v) is 2.83. The number of nitrogens with zero attached hydrogens (tertiary/aromatic N) is 1. The maximum Gasteiger partial charge on any atom is 0.269 e. The smallest absolute Gasteiger partial charge is 0.269 e. The van der Waals surface area contributed by atoms with E-state index in [1.807, 2.05) is 48.5 Å². The third kappa shape index (κ3) is 4.15. The molecule has 3 rings (SSSR count). The fourth-order valence-electron chi connectivity index (χ4n) is 2.39. The molecule has 2 N–H and O–H groups in total. The molecule has 1 aromatic heterocycles. The number of rotatable bonds is 6. The first kappa shape index (κ1) is 17.4. The predicted molar refractivity (Wildman–Crippen MR) is 99.6 cm³/mol. The van der Waals surface area contributed by atoms with E-state index in [0.717, 1.165) is 15.4 Å². The van der Waals surface area contributed by atoms with Gasteiger partial charge in [-0.15, -0.1) is 0 Å². The fraction of sp³-hybridized carbons (Fsp3) is 0.158. The lowest BCUT2D eigenvalue weighted by Crippen LogP contribution is -2.27. The van der Waals surface area contributed by atoms with Gasteiger partial charge in [-0.3, -0.25) is 4.79 Å². The van der Waals surface area contributed by atoms with E-state index in [1.54, 1.807) is 6.07 Å². The molecule has 0 unspecified atom stereocenters. The number of nitrogens with one attached hydrogen (secondary N) is 1. The van der Waals surface area contributed by atoms with Gasteiger partial charge in [0.05, 0.1) is 11.1 Å². The van der Waals surface area contributed by atoms with Gasteiger partial charge in [0.2, 0.25) is 0 Å². The molecule has 0 aliphatic heterocycles. The van der Waals surface area contributed by atoms with E-state index in [4.69, 9.17) is 9.84 Å². The normalized spacial score (nSPS) is 10.6. The third-order valence-corrected chi connectivity index (χ3v) is 4.25. The van der Waals surface area contributed by atoms with Crippen LogP contribution in [0, 0.1) is 0 Å². The molecular formula is C19H17BrN2O3. The molecule has 3 aromatic rings. The molecule has 25 heavy (non-hydrogen) atoms. The number of halogens is 1. The molecule has 0 saturated heterocycles. The number of benzene rings is 2. The largest absolute Gasteiger partial charge is 0.485 e. The third-order valence-electron chi connectivity index (χ3n) is 3.62. The van der Waals surface area contributed by atoms with E-state index < -0.39 is 0 Å². The topological polar surface area (TPSA) is 71.5 Å². The highest BCUT2D eigenvalue weighted by Gasteiger charge is 2.13. The molecule has 1 amide bonds. The van der Waals surface area contributed by atoms with Crippen LogP contribution in [-0.4, -0.2) is 29.1 Å². The Labute approximate surface area is 153 Å². The molecule has 0 spiro atoms. The van der Waals surface area contributed by atoms with Crippen LogP contribution in [0.2, 0.25) is 0 Å². The summed E-state index contributed by atoms with van der Waals surface area (Å²) in [6.45, 7) is 0.478. The van der Waals surface area contributed by atoms with Crippen LogP contribution in [0.3, 0.4) is 0 Å². The van der Waals surface area contributed by atoms with E-state index in [2.05, 4.69) is 26.2 Å². The quantitative estimate of drug-likeness (QED) is 0.665. The summed E-state index contributed by atoms with van der Waals surface area (Å²) in [6.07, 6.45) is 0. The number of amides is 1. The number of carbonyl (C=O) groups excluding carboxylic acids is 1. The van der Waals surface area contributed by atoms with Gasteiger partial charge in [-0.25, -0.2) is 4.98 Å². The first-order valence-electron chi connectivity index (χ1n) is 7.84. The predicted octanol–water partition coefficient (Wildman–Crippen LogP) is 3.30. The second kappa shape index (κ2) is 8.09. The molecule has 0 aliphatic rings. The van der Waals surface area contributed by atoms with Crippen LogP contribution in [0.5, 0.6) is 5.75 Å². The van der Waals surface area contributed by atoms with E-state index in [9.17, 15) is 4.79 Å². The Kier molecular flexibility index (Phi) is 5.63. The van der Waals surface area contributed by atoms with Gasteiger partial charge in [0.1, 0.15) is 17.8 Å². The van der Waals surface area contributed by atoms with Crippen molar-refractivity contribution in [3.63, 3.8) is 0 Å². The Hall–Kier alpha value is -2.44. The number of pyridine rings is 1. The van der Waals surface area contributed by atoms with Crippen molar-refractivity contribution in [2.75, 3.05) is 13.2 Å². The summed E-state index contributed by atoms with van der Waals surface area (Å²) in [5.41, 5.74) is 1.94. The zero-order valence-electron chi connectivity index (χ0n) is 13.4. The summed E-state index contributed by atoms with van der Waals surface area (Å²) in [5, 5.41) is 12.3. The number of fused-ring (bicyclic) bond motifs is 1. The SMILES string of the molecule is O=C(NCCO)c1ccc2ccc(Br)c(OCc3ccccc3)c2n1. The lowest BCUT2D eigenvalue weighted by Gasteiger charge is -2.12. The van der Waals surface area contributed by atoms with E-state index in [0.29, 0.717) is 17.9 Å². The number of hydrogen-bond acceptors (Lipinski definition) is 4. The number of aliphatic hydroxyl groups is 1. The summed E-state index contributed by atoms with van der Waals surface area (Å²) in [7, 11) is 0. The van der Waals surface area contributed by atoms with E-state index in [-0.39, 0.29) is 24.8 Å². The molecule has 2 aromatic carbocycles. The first-order chi connectivity index (χ1) is 12.2. The van der Waals surface area contributed by atoms with E-state index in [1.165, 1.54) is 0 Å². The van der Waals surface area contributed by atoms with Crippen LogP contribution in [0.1, 0.15) is 16.1 Å². The molecule has 0 bridgehead atoms. The average molecular weight is 401 g/mol. The zero-order valence-corrected chi connectivity index (χ0v) is 15.0. The second-order valence-corrected chi connectivity index (χ2v) is 6.25. The van der Waals surface area contributed by atoms with Crippen LogP contribution in [0.4, 0.5) is 0 Å². The molecule has 0 fully saturated rings. The van der Waals surface area contributed by atoms with Crippen molar-refractivity contribution in [3.05, 3.63) is 70.3 Å². The van der Waals surface area contributed by atoms with Gasteiger partial charge in [0, 0.05) is 11.9 Å². The Bertz CT molecular complexity index is 884. The van der Waals surface area contributed by atoms with Crippen molar-refractivity contribution in [3.8, 4) is 5.75 Å². The van der Waals surface area contributed by atoms with Crippen LogP contribution in [0.25, 0.3) is 10.9 Å². The van der Waals surface area contributed by atoms with Crippen molar-refractivity contribution in [1.82, 2.24) is 10.3 Å². The van der Waals surface area contributed by atoms with Crippen LogP contribution < -0.4 is 10.1 Å². The minimum Gasteiger partial charge on any atom is -0.485 e. The van der Waals surface area contributed by atoms with Gasteiger partial charge in [-0.2, -0.15) is 0 Å². The molecule has 0 atom stereocenters. The summed E-state index contributed by atoms with van der Waals surface area (Å²) >= 11 is 3.50. The first-order valence-corrected chi connectivity index (χ1v) is 8.63. The number of ether oxygens (including phenoxy) is 1. The summed E-state index contributed by atoms with van der Waals surface area (Å²) < 4.78 is 6.75. The van der Waals surface area contributed by atoms with Crippen LogP contribution >= 0.6 is 15.9 Å². The highest BCUT2D eigenvalue weighted by atomic mass is 79.9. The van der Waals surface area contributed by atoms with E-state index >= 15 is 0 Å². The van der Waals surface area contributed by atoms with Gasteiger partial charge < -0.3 is 15.2 Å². The average Bonchev–Trinajstić information content (AvgIpc) is 2.65. The monoisotopic (exact) mass is 400 g/mol. The lowest BCUT2D eigenvalue weighted by molar-refractivity contribution is 0.0940. The molecule has 6 heteroatoms. The molecule has 0 radical (unpaired) electrons. The molecule has 0 aliphatic carbocycles. The molecule has 1 heterocycles. The minimum atomic E-state index is -0.329. The number of aromatic nitrogens is 1. The van der Waals surface area contributed by atoms with Crippen molar-refractivity contribution in [1.29, 1.82) is 0 Å². The van der Waals surface area contributed by atoms with Crippen LogP contribution in [0.15, 0.2) is 59.1 Å². The van der Waals surface area contributed by atoms with Gasteiger partial charge in [0.15, 0.2) is 5.75 Å². The summed E-state index contributed by atoms with van der Waals surface area (Å²) in [4.78, 5) is 16.5. The summed E-state index contributed by atoms with van der Waals surface area (Å²) in [5.74, 6) is 0.267. The van der Waals surface area contributed by atoms with Gasteiger partial charge in [-0.05, 0) is 33.6 Å². The van der Waals surface area contributed by atoms with Gasteiger partial charge in [0.25, 0.3) is 5.91 Å². The highest BCUT2D eigenvalue weighted by Crippen LogP contribution is 2.33. The Morgan fingerprint density at radius 3 is 2.64 bits per heavy atom. The van der Waals surface area contributed by atoms with Crippen LogP contribution in [-0.2, 0) is 6.61 Å².